The summed E-state index contributed by atoms with van der Waals surface area (Å²) >= 11 is 0. The van der Waals surface area contributed by atoms with E-state index in [9.17, 15) is 4.79 Å². The molecule has 1 heterocycles. The van der Waals surface area contributed by atoms with Gasteiger partial charge in [-0.1, -0.05) is 32.0 Å². The van der Waals surface area contributed by atoms with Crippen LogP contribution >= 0.6 is 12.4 Å². The van der Waals surface area contributed by atoms with Crippen molar-refractivity contribution in [3.8, 4) is 5.75 Å². The number of hydrogen-bond acceptors (Lipinski definition) is 3. The fourth-order valence-electron chi connectivity index (χ4n) is 3.23. The molecule has 4 nitrogen and oxygen atoms in total. The first-order valence-corrected chi connectivity index (χ1v) is 8.06. The molecular weight excluding hydrogens is 312 g/mol. The van der Waals surface area contributed by atoms with E-state index in [2.05, 4.69) is 5.32 Å². The van der Waals surface area contributed by atoms with Crippen LogP contribution in [-0.4, -0.2) is 44.1 Å². The smallest absolute Gasteiger partial charge is 0.228 e. The standard InChI is InChI=1S/C18H28N2O2.ClH/c1-18(2,12-14-8-5-6-10-16(14)22-4)17(21)20-11-7-9-15(13-20)19-3;/h5-6,8,10,15,19H,7,9,11-13H2,1-4H3;1H. The zero-order valence-electron chi connectivity index (χ0n) is 14.6. The van der Waals surface area contributed by atoms with Gasteiger partial charge in [-0.2, -0.15) is 0 Å². The second-order valence-electron chi connectivity index (χ2n) is 6.75. The van der Waals surface area contributed by atoms with E-state index in [1.165, 1.54) is 0 Å². The molecule has 2 rings (SSSR count). The predicted molar refractivity (Wildman–Crippen MR) is 96.4 cm³/mol. The van der Waals surface area contributed by atoms with Gasteiger partial charge in [-0.15, -0.1) is 12.4 Å². The third kappa shape index (κ3) is 4.85. The summed E-state index contributed by atoms with van der Waals surface area (Å²) in [5.74, 6) is 1.09. The van der Waals surface area contributed by atoms with E-state index in [1.807, 2.05) is 50.1 Å². The molecule has 0 spiro atoms. The summed E-state index contributed by atoms with van der Waals surface area (Å²) in [4.78, 5) is 15.0. The Morgan fingerprint density at radius 3 is 2.74 bits per heavy atom. The summed E-state index contributed by atoms with van der Waals surface area (Å²) in [6.07, 6.45) is 2.91. The number of methoxy groups -OCH3 is 1. The Balaban J connectivity index is 0.00000264. The van der Waals surface area contributed by atoms with E-state index in [1.54, 1.807) is 7.11 Å². The molecular formula is C18H29ClN2O2. The van der Waals surface area contributed by atoms with Gasteiger partial charge in [-0.3, -0.25) is 4.79 Å². The molecule has 1 N–H and O–H groups in total. The highest BCUT2D eigenvalue weighted by Crippen LogP contribution is 2.30. The van der Waals surface area contributed by atoms with Crippen LogP contribution in [0.25, 0.3) is 0 Å². The molecule has 1 atom stereocenters. The van der Waals surface area contributed by atoms with E-state index in [4.69, 9.17) is 4.74 Å². The first kappa shape index (κ1) is 19.8. The number of carbonyl (C=O) groups excluding carboxylic acids is 1. The molecule has 1 aromatic rings. The van der Waals surface area contributed by atoms with Gasteiger partial charge in [0.05, 0.1) is 7.11 Å². The van der Waals surface area contributed by atoms with Crippen molar-refractivity contribution < 1.29 is 9.53 Å². The van der Waals surface area contributed by atoms with Crippen molar-refractivity contribution in [2.75, 3.05) is 27.2 Å². The molecule has 1 saturated heterocycles. The minimum atomic E-state index is -0.426. The van der Waals surface area contributed by atoms with Crippen molar-refractivity contribution >= 4 is 18.3 Å². The highest BCUT2D eigenvalue weighted by Gasteiger charge is 2.34. The van der Waals surface area contributed by atoms with Gasteiger partial charge in [0.15, 0.2) is 0 Å². The first-order valence-electron chi connectivity index (χ1n) is 8.06. The Kier molecular flexibility index (Phi) is 7.36. The summed E-state index contributed by atoms with van der Waals surface area (Å²) < 4.78 is 5.42. The maximum absolute atomic E-state index is 12.9. The van der Waals surface area contributed by atoms with Crippen LogP contribution in [0.2, 0.25) is 0 Å². The molecule has 1 aliphatic rings. The number of rotatable bonds is 5. The molecule has 1 amide bonds. The van der Waals surface area contributed by atoms with Crippen LogP contribution < -0.4 is 10.1 Å². The molecule has 1 unspecified atom stereocenters. The monoisotopic (exact) mass is 340 g/mol. The van der Waals surface area contributed by atoms with Gasteiger partial charge >= 0.3 is 0 Å². The summed E-state index contributed by atoms with van der Waals surface area (Å²) in [6.45, 7) is 5.74. The lowest BCUT2D eigenvalue weighted by molar-refractivity contribution is -0.141. The molecule has 0 aromatic heterocycles. The Bertz CT molecular complexity index is 519. The zero-order valence-corrected chi connectivity index (χ0v) is 15.4. The topological polar surface area (TPSA) is 41.6 Å². The third-order valence-corrected chi connectivity index (χ3v) is 4.52. The fourth-order valence-corrected chi connectivity index (χ4v) is 3.23. The predicted octanol–water partition coefficient (Wildman–Crippen LogP) is 2.90. The van der Waals surface area contributed by atoms with Crippen LogP contribution in [0.5, 0.6) is 5.75 Å². The van der Waals surface area contributed by atoms with E-state index in [0.29, 0.717) is 12.5 Å². The van der Waals surface area contributed by atoms with Crippen molar-refractivity contribution in [2.45, 2.75) is 39.2 Å². The number of benzene rings is 1. The number of amides is 1. The number of nitrogens with zero attached hydrogens (tertiary/aromatic N) is 1. The first-order chi connectivity index (χ1) is 10.5. The van der Waals surface area contributed by atoms with E-state index >= 15 is 0 Å². The minimum Gasteiger partial charge on any atom is -0.496 e. The Hall–Kier alpha value is -1.26. The van der Waals surface area contributed by atoms with Crippen molar-refractivity contribution in [3.63, 3.8) is 0 Å². The van der Waals surface area contributed by atoms with E-state index in [0.717, 1.165) is 37.2 Å². The van der Waals surface area contributed by atoms with Gasteiger partial charge in [0.25, 0.3) is 0 Å². The van der Waals surface area contributed by atoms with Gasteiger partial charge < -0.3 is 15.0 Å². The molecule has 0 aliphatic carbocycles. The lowest BCUT2D eigenvalue weighted by Gasteiger charge is -2.37. The second-order valence-corrected chi connectivity index (χ2v) is 6.75. The molecule has 130 valence electrons. The lowest BCUT2D eigenvalue weighted by atomic mass is 9.83. The van der Waals surface area contributed by atoms with Gasteiger partial charge in [-0.05, 0) is 37.9 Å². The number of likely N-dealkylation sites (N-methyl/N-ethyl adjacent to an activating group) is 1. The Labute approximate surface area is 146 Å². The third-order valence-electron chi connectivity index (χ3n) is 4.52. The van der Waals surface area contributed by atoms with Crippen molar-refractivity contribution in [1.29, 1.82) is 0 Å². The molecule has 1 fully saturated rings. The number of para-hydroxylation sites is 1. The fraction of sp³-hybridized carbons (Fsp3) is 0.611. The maximum Gasteiger partial charge on any atom is 0.228 e. The average molecular weight is 341 g/mol. The molecule has 23 heavy (non-hydrogen) atoms. The quantitative estimate of drug-likeness (QED) is 0.896. The van der Waals surface area contributed by atoms with Gasteiger partial charge in [0.2, 0.25) is 5.91 Å². The highest BCUT2D eigenvalue weighted by molar-refractivity contribution is 5.85. The van der Waals surface area contributed by atoms with Crippen LogP contribution in [0.3, 0.4) is 0 Å². The number of nitrogens with one attached hydrogen (secondary N) is 1. The largest absolute Gasteiger partial charge is 0.496 e. The van der Waals surface area contributed by atoms with Crippen molar-refractivity contribution in [1.82, 2.24) is 10.2 Å². The highest BCUT2D eigenvalue weighted by atomic mass is 35.5. The van der Waals surface area contributed by atoms with Gasteiger partial charge in [0.1, 0.15) is 5.75 Å². The number of hydrogen-bond donors (Lipinski definition) is 1. The Morgan fingerprint density at radius 1 is 1.39 bits per heavy atom. The summed E-state index contributed by atoms with van der Waals surface area (Å²) in [5.41, 5.74) is 0.662. The number of carbonyl (C=O) groups is 1. The number of piperidine rings is 1. The molecule has 0 saturated carbocycles. The number of ether oxygens (including phenoxy) is 1. The minimum absolute atomic E-state index is 0. The maximum atomic E-state index is 12.9. The van der Waals surface area contributed by atoms with Crippen molar-refractivity contribution in [2.24, 2.45) is 5.41 Å². The molecule has 5 heteroatoms. The SMILES string of the molecule is CNC1CCCN(C(=O)C(C)(C)Cc2ccccc2OC)C1.Cl. The Morgan fingerprint density at radius 2 is 2.09 bits per heavy atom. The van der Waals surface area contributed by atoms with Gasteiger partial charge in [0, 0.05) is 24.5 Å². The molecule has 1 aliphatic heterocycles. The summed E-state index contributed by atoms with van der Waals surface area (Å²) in [6, 6.07) is 8.36. The van der Waals surface area contributed by atoms with Crippen LogP contribution in [0.1, 0.15) is 32.3 Å². The lowest BCUT2D eigenvalue weighted by Crippen LogP contribution is -2.51. The molecule has 0 bridgehead atoms. The summed E-state index contributed by atoms with van der Waals surface area (Å²) in [5, 5.41) is 3.29. The average Bonchev–Trinajstić information content (AvgIpc) is 2.54. The van der Waals surface area contributed by atoms with E-state index in [-0.39, 0.29) is 18.3 Å². The zero-order chi connectivity index (χ0) is 16.2. The van der Waals surface area contributed by atoms with Crippen LogP contribution in [0, 0.1) is 5.41 Å². The van der Waals surface area contributed by atoms with E-state index < -0.39 is 5.41 Å². The molecule has 1 aromatic carbocycles. The normalized spacial score (nSPS) is 18.3. The summed E-state index contributed by atoms with van der Waals surface area (Å²) in [7, 11) is 3.65. The van der Waals surface area contributed by atoms with Crippen molar-refractivity contribution in [3.05, 3.63) is 29.8 Å². The van der Waals surface area contributed by atoms with Crippen LogP contribution in [0.4, 0.5) is 0 Å². The van der Waals surface area contributed by atoms with Crippen LogP contribution in [0.15, 0.2) is 24.3 Å². The number of likely N-dealkylation sites (tertiary alicyclic amines) is 1. The van der Waals surface area contributed by atoms with Crippen LogP contribution in [-0.2, 0) is 11.2 Å². The molecule has 0 radical (unpaired) electrons. The number of halogens is 1. The second kappa shape index (κ2) is 8.55. The van der Waals surface area contributed by atoms with Gasteiger partial charge in [-0.25, -0.2) is 0 Å².